The molecule has 3 rings (SSSR count). The zero-order valence-electron chi connectivity index (χ0n) is 14.8. The Hall–Kier alpha value is -2.73. The fraction of sp³-hybridized carbons (Fsp3) is 0.238. The minimum Gasteiger partial charge on any atom is -0.396 e. The topological polar surface area (TPSA) is 45.5 Å². The van der Waals surface area contributed by atoms with E-state index in [1.54, 1.807) is 19.3 Å². The summed E-state index contributed by atoms with van der Waals surface area (Å²) in [7, 11) is 1.69. The van der Waals surface area contributed by atoms with Crippen molar-refractivity contribution in [3.63, 3.8) is 0 Å². The van der Waals surface area contributed by atoms with Gasteiger partial charge in [-0.05, 0) is 54.3 Å². The molecule has 0 bridgehead atoms. The van der Waals surface area contributed by atoms with Crippen LogP contribution in [0, 0.1) is 0 Å². The van der Waals surface area contributed by atoms with Gasteiger partial charge in [-0.2, -0.15) is 13.2 Å². The molecular weight excluding hydrogens is 353 g/mol. The third kappa shape index (κ3) is 4.34. The van der Waals surface area contributed by atoms with E-state index in [0.29, 0.717) is 29.4 Å². The first-order valence-corrected chi connectivity index (χ1v) is 8.56. The van der Waals surface area contributed by atoms with Gasteiger partial charge >= 0.3 is 6.18 Å². The molecule has 3 aromatic rings. The summed E-state index contributed by atoms with van der Waals surface area (Å²) in [6, 6.07) is 13.0. The van der Waals surface area contributed by atoms with Crippen LogP contribution >= 0.6 is 0 Å². The van der Waals surface area contributed by atoms with Gasteiger partial charge in [0.25, 0.3) is 0 Å². The summed E-state index contributed by atoms with van der Waals surface area (Å²) in [5, 5.41) is 9.62. The smallest absolute Gasteiger partial charge is 0.396 e. The van der Waals surface area contributed by atoms with Crippen molar-refractivity contribution in [2.45, 2.75) is 19.0 Å². The van der Waals surface area contributed by atoms with Crippen molar-refractivity contribution in [2.75, 3.05) is 13.7 Å². The van der Waals surface area contributed by atoms with Crippen molar-refractivity contribution >= 4 is 17.1 Å². The molecule has 0 amide bonds. The number of hydrogen-bond acceptors (Lipinski definition) is 3. The first kappa shape index (κ1) is 19.0. The minimum absolute atomic E-state index is 0.00258. The Morgan fingerprint density at radius 1 is 1.11 bits per heavy atom. The number of nitrogens with zero attached hydrogens (tertiary/aromatic N) is 2. The van der Waals surface area contributed by atoms with Crippen molar-refractivity contribution in [1.82, 2.24) is 4.98 Å². The maximum Gasteiger partial charge on any atom is 0.416 e. The lowest BCUT2D eigenvalue weighted by Crippen LogP contribution is -2.05. The van der Waals surface area contributed by atoms with E-state index >= 15 is 0 Å². The molecule has 6 heteroatoms. The number of aliphatic hydroxyl groups is 1. The molecule has 0 aliphatic heterocycles. The van der Waals surface area contributed by atoms with Crippen LogP contribution < -0.4 is 0 Å². The molecule has 27 heavy (non-hydrogen) atoms. The summed E-state index contributed by atoms with van der Waals surface area (Å²) in [5.41, 5.74) is 3.10. The Labute approximate surface area is 155 Å². The van der Waals surface area contributed by atoms with E-state index in [-0.39, 0.29) is 6.61 Å². The van der Waals surface area contributed by atoms with Crippen LogP contribution in [-0.2, 0) is 12.6 Å². The second kappa shape index (κ2) is 7.88. The standard InChI is InChI=1S/C21H19F3N2O/c1-25-13-14-4-2-5-15(10-14)20-16(6-3-9-27)11-17-12-18(21(22,23)24)7-8-19(17)26-20/h2,4-5,7-8,10-13,27H,3,6,9H2,1H3. The number of rotatable bonds is 5. The number of benzene rings is 2. The van der Waals surface area contributed by atoms with Crippen molar-refractivity contribution in [3.8, 4) is 11.3 Å². The van der Waals surface area contributed by atoms with E-state index in [0.717, 1.165) is 28.8 Å². The average molecular weight is 372 g/mol. The number of fused-ring (bicyclic) bond motifs is 1. The number of pyridine rings is 1. The number of aliphatic imine (C=N–C) groups is 1. The molecular formula is C21H19F3N2O. The van der Waals surface area contributed by atoms with E-state index in [4.69, 9.17) is 0 Å². The first-order chi connectivity index (χ1) is 12.9. The number of halogens is 3. The van der Waals surface area contributed by atoms with Gasteiger partial charge in [0.1, 0.15) is 0 Å². The number of aryl methyl sites for hydroxylation is 1. The highest BCUT2D eigenvalue weighted by atomic mass is 19.4. The quantitative estimate of drug-likeness (QED) is 0.648. The molecule has 1 aromatic heterocycles. The van der Waals surface area contributed by atoms with Gasteiger partial charge in [0, 0.05) is 30.8 Å². The van der Waals surface area contributed by atoms with Crippen LogP contribution in [-0.4, -0.2) is 30.0 Å². The Morgan fingerprint density at radius 2 is 1.93 bits per heavy atom. The van der Waals surface area contributed by atoms with E-state index in [1.807, 2.05) is 24.3 Å². The van der Waals surface area contributed by atoms with Crippen LogP contribution in [0.25, 0.3) is 22.2 Å². The largest absolute Gasteiger partial charge is 0.416 e. The molecule has 0 saturated carbocycles. The maximum atomic E-state index is 13.0. The van der Waals surface area contributed by atoms with Gasteiger partial charge < -0.3 is 5.11 Å². The predicted octanol–water partition coefficient (Wildman–Crippen LogP) is 4.89. The summed E-state index contributed by atoms with van der Waals surface area (Å²) in [6.07, 6.45) is -1.63. The molecule has 2 aromatic carbocycles. The summed E-state index contributed by atoms with van der Waals surface area (Å²) in [4.78, 5) is 8.64. The van der Waals surface area contributed by atoms with Gasteiger partial charge in [-0.1, -0.05) is 18.2 Å². The monoisotopic (exact) mass is 372 g/mol. The highest BCUT2D eigenvalue weighted by molar-refractivity contribution is 5.86. The van der Waals surface area contributed by atoms with E-state index < -0.39 is 11.7 Å². The first-order valence-electron chi connectivity index (χ1n) is 8.56. The predicted molar refractivity (Wildman–Crippen MR) is 101 cm³/mol. The van der Waals surface area contributed by atoms with Crippen molar-refractivity contribution in [2.24, 2.45) is 4.99 Å². The average Bonchev–Trinajstić information content (AvgIpc) is 2.65. The lowest BCUT2D eigenvalue weighted by Gasteiger charge is -2.13. The van der Waals surface area contributed by atoms with Gasteiger partial charge in [0.15, 0.2) is 0 Å². The Morgan fingerprint density at radius 3 is 2.63 bits per heavy atom. The molecule has 0 atom stereocenters. The summed E-state index contributed by atoms with van der Waals surface area (Å²) < 4.78 is 39.0. The molecule has 1 N–H and O–H groups in total. The highest BCUT2D eigenvalue weighted by Crippen LogP contribution is 2.33. The molecule has 0 spiro atoms. The molecule has 0 radical (unpaired) electrons. The zero-order chi connectivity index (χ0) is 19.4. The molecule has 0 saturated heterocycles. The lowest BCUT2D eigenvalue weighted by atomic mass is 9.98. The van der Waals surface area contributed by atoms with Crippen LogP contribution in [0.15, 0.2) is 53.5 Å². The SMILES string of the molecule is CN=Cc1cccc(-c2nc3ccc(C(F)(F)F)cc3cc2CCCO)c1. The van der Waals surface area contributed by atoms with Crippen molar-refractivity contribution < 1.29 is 18.3 Å². The van der Waals surface area contributed by atoms with Crippen LogP contribution in [0.5, 0.6) is 0 Å². The van der Waals surface area contributed by atoms with E-state index in [1.165, 1.54) is 6.07 Å². The Balaban J connectivity index is 2.17. The molecule has 0 unspecified atom stereocenters. The van der Waals surface area contributed by atoms with Gasteiger partial charge in [0.2, 0.25) is 0 Å². The minimum atomic E-state index is -4.40. The number of alkyl halides is 3. The van der Waals surface area contributed by atoms with Gasteiger partial charge in [-0.3, -0.25) is 4.99 Å². The fourth-order valence-electron chi connectivity index (χ4n) is 3.02. The van der Waals surface area contributed by atoms with Crippen LogP contribution in [0.3, 0.4) is 0 Å². The summed E-state index contributed by atoms with van der Waals surface area (Å²) in [6.45, 7) is 0.00258. The number of hydrogen-bond donors (Lipinski definition) is 1. The molecule has 0 aliphatic carbocycles. The second-order valence-corrected chi connectivity index (χ2v) is 6.24. The third-order valence-corrected chi connectivity index (χ3v) is 4.26. The maximum absolute atomic E-state index is 13.0. The molecule has 3 nitrogen and oxygen atoms in total. The zero-order valence-corrected chi connectivity index (χ0v) is 14.8. The van der Waals surface area contributed by atoms with Gasteiger partial charge in [0.05, 0.1) is 16.8 Å². The molecule has 0 aliphatic rings. The van der Waals surface area contributed by atoms with E-state index in [2.05, 4.69) is 9.98 Å². The van der Waals surface area contributed by atoms with Gasteiger partial charge in [-0.15, -0.1) is 0 Å². The van der Waals surface area contributed by atoms with Gasteiger partial charge in [-0.25, -0.2) is 4.98 Å². The normalized spacial score (nSPS) is 12.2. The molecule has 1 heterocycles. The van der Waals surface area contributed by atoms with Crippen LogP contribution in [0.4, 0.5) is 13.2 Å². The molecule has 0 fully saturated rings. The lowest BCUT2D eigenvalue weighted by molar-refractivity contribution is -0.137. The number of aromatic nitrogens is 1. The fourth-order valence-corrected chi connectivity index (χ4v) is 3.02. The summed E-state index contributed by atoms with van der Waals surface area (Å²) in [5.74, 6) is 0. The highest BCUT2D eigenvalue weighted by Gasteiger charge is 2.30. The van der Waals surface area contributed by atoms with Crippen LogP contribution in [0.1, 0.15) is 23.1 Å². The Kier molecular flexibility index (Phi) is 5.56. The molecule has 140 valence electrons. The van der Waals surface area contributed by atoms with Crippen molar-refractivity contribution in [1.29, 1.82) is 0 Å². The van der Waals surface area contributed by atoms with Crippen molar-refractivity contribution in [3.05, 3.63) is 65.2 Å². The second-order valence-electron chi connectivity index (χ2n) is 6.24. The number of aliphatic hydroxyl groups excluding tert-OH is 1. The van der Waals surface area contributed by atoms with E-state index in [9.17, 15) is 18.3 Å². The Bertz CT molecular complexity index is 981. The third-order valence-electron chi connectivity index (χ3n) is 4.26. The summed E-state index contributed by atoms with van der Waals surface area (Å²) >= 11 is 0. The van der Waals surface area contributed by atoms with Crippen LogP contribution in [0.2, 0.25) is 0 Å².